The van der Waals surface area contributed by atoms with Crippen molar-refractivity contribution in [3.05, 3.63) is 59.4 Å². The van der Waals surface area contributed by atoms with Crippen molar-refractivity contribution in [2.45, 2.75) is 38.1 Å². The average Bonchev–Trinajstić information content (AvgIpc) is 2.61. The van der Waals surface area contributed by atoms with Gasteiger partial charge in [-0.15, -0.1) is 0 Å². The smallest absolute Gasteiger partial charge is 0.275 e. The molecule has 25 heavy (non-hydrogen) atoms. The van der Waals surface area contributed by atoms with E-state index in [4.69, 9.17) is 0 Å². The Kier molecular flexibility index (Phi) is 5.26. The van der Waals surface area contributed by atoms with Crippen molar-refractivity contribution in [3.63, 3.8) is 0 Å². The molecule has 1 amide bonds. The van der Waals surface area contributed by atoms with Gasteiger partial charge in [-0.05, 0) is 49.8 Å². The first-order valence-corrected chi connectivity index (χ1v) is 8.44. The van der Waals surface area contributed by atoms with E-state index in [9.17, 15) is 18.7 Å². The van der Waals surface area contributed by atoms with Crippen LogP contribution in [0.15, 0.2) is 36.5 Å². The van der Waals surface area contributed by atoms with Crippen LogP contribution < -0.4 is 0 Å². The first-order chi connectivity index (χ1) is 12.0. The highest BCUT2D eigenvalue weighted by Gasteiger charge is 2.29. The van der Waals surface area contributed by atoms with E-state index in [-0.39, 0.29) is 17.5 Å². The van der Waals surface area contributed by atoms with Crippen molar-refractivity contribution >= 4 is 5.91 Å². The van der Waals surface area contributed by atoms with Crippen molar-refractivity contribution in [1.82, 2.24) is 9.88 Å². The first-order valence-electron chi connectivity index (χ1n) is 8.44. The minimum absolute atomic E-state index is 0.00121. The predicted molar refractivity (Wildman–Crippen MR) is 89.3 cm³/mol. The standard InChI is InChI=1S/C19H20F2N2O2/c20-14-11-17(21)18(22-12-14)19(25)23-10-2-1-3-15(23)7-4-13-5-8-16(24)9-6-13/h5-6,8-9,11-12,15,24H,1-4,7,10H2/t15-/m1/s1. The number of piperidine rings is 1. The molecular weight excluding hydrogens is 326 g/mol. The molecule has 1 aliphatic heterocycles. The number of hydrogen-bond donors (Lipinski definition) is 1. The molecule has 1 aromatic carbocycles. The lowest BCUT2D eigenvalue weighted by molar-refractivity contribution is 0.0590. The summed E-state index contributed by atoms with van der Waals surface area (Å²) in [6, 6.07) is 7.67. The number of phenolic OH excluding ortho intramolecular Hbond substituents is 1. The monoisotopic (exact) mass is 346 g/mol. The van der Waals surface area contributed by atoms with Crippen LogP contribution in [0, 0.1) is 11.6 Å². The second-order valence-corrected chi connectivity index (χ2v) is 6.34. The molecule has 3 rings (SSSR count). The number of nitrogens with zero attached hydrogens (tertiary/aromatic N) is 2. The Hall–Kier alpha value is -2.50. The van der Waals surface area contributed by atoms with Gasteiger partial charge in [-0.2, -0.15) is 0 Å². The van der Waals surface area contributed by atoms with Gasteiger partial charge in [0.1, 0.15) is 11.6 Å². The topological polar surface area (TPSA) is 53.4 Å². The molecule has 1 aliphatic rings. The molecule has 2 aromatic rings. The van der Waals surface area contributed by atoms with Crippen molar-refractivity contribution < 1.29 is 18.7 Å². The molecule has 0 spiro atoms. The normalized spacial score (nSPS) is 17.5. The van der Waals surface area contributed by atoms with Crippen molar-refractivity contribution in [3.8, 4) is 5.75 Å². The van der Waals surface area contributed by atoms with Crippen LogP contribution in [-0.4, -0.2) is 33.5 Å². The number of aromatic nitrogens is 1. The third kappa shape index (κ3) is 4.13. The van der Waals surface area contributed by atoms with E-state index >= 15 is 0 Å². The maximum atomic E-state index is 13.9. The number of phenols is 1. The Labute approximate surface area is 145 Å². The van der Waals surface area contributed by atoms with E-state index in [1.807, 2.05) is 12.1 Å². The highest BCUT2D eigenvalue weighted by molar-refractivity contribution is 5.92. The molecule has 0 radical (unpaired) electrons. The zero-order chi connectivity index (χ0) is 17.8. The number of benzene rings is 1. The fraction of sp³-hybridized carbons (Fsp3) is 0.368. The fourth-order valence-electron chi connectivity index (χ4n) is 3.27. The molecule has 2 heterocycles. The number of carbonyl (C=O) groups excluding carboxylic acids is 1. The molecule has 0 unspecified atom stereocenters. The number of aryl methyl sites for hydroxylation is 1. The summed E-state index contributed by atoms with van der Waals surface area (Å²) in [5.41, 5.74) is 0.750. The van der Waals surface area contributed by atoms with Gasteiger partial charge < -0.3 is 10.0 Å². The molecule has 1 atom stereocenters. The van der Waals surface area contributed by atoms with Crippen LogP contribution >= 0.6 is 0 Å². The Morgan fingerprint density at radius 1 is 1.24 bits per heavy atom. The lowest BCUT2D eigenvalue weighted by Crippen LogP contribution is -2.44. The summed E-state index contributed by atoms with van der Waals surface area (Å²) in [6.07, 6.45) is 5.11. The van der Waals surface area contributed by atoms with E-state index in [2.05, 4.69) is 4.98 Å². The number of amides is 1. The van der Waals surface area contributed by atoms with Crippen LogP contribution in [0.25, 0.3) is 0 Å². The summed E-state index contributed by atoms with van der Waals surface area (Å²) in [5, 5.41) is 9.34. The number of rotatable bonds is 4. The van der Waals surface area contributed by atoms with Gasteiger partial charge in [0.15, 0.2) is 11.5 Å². The predicted octanol–water partition coefficient (Wildman–Crippen LogP) is 3.69. The Morgan fingerprint density at radius 2 is 2.00 bits per heavy atom. The number of aromatic hydroxyl groups is 1. The van der Waals surface area contributed by atoms with Crippen molar-refractivity contribution in [2.75, 3.05) is 6.54 Å². The maximum absolute atomic E-state index is 13.9. The molecule has 0 aliphatic carbocycles. The third-order valence-electron chi connectivity index (χ3n) is 4.60. The van der Waals surface area contributed by atoms with Crippen LogP contribution in [-0.2, 0) is 6.42 Å². The molecule has 0 saturated carbocycles. The van der Waals surface area contributed by atoms with Gasteiger partial charge >= 0.3 is 0 Å². The largest absolute Gasteiger partial charge is 0.508 e. The first kappa shape index (κ1) is 17.3. The van der Waals surface area contributed by atoms with Crippen LogP contribution in [0.4, 0.5) is 8.78 Å². The van der Waals surface area contributed by atoms with Gasteiger partial charge in [0.25, 0.3) is 5.91 Å². The molecule has 0 bridgehead atoms. The summed E-state index contributed by atoms with van der Waals surface area (Å²) in [6.45, 7) is 0.553. The van der Waals surface area contributed by atoms with E-state index in [1.54, 1.807) is 17.0 Å². The van der Waals surface area contributed by atoms with Crippen LogP contribution in [0.5, 0.6) is 5.75 Å². The van der Waals surface area contributed by atoms with Gasteiger partial charge in [-0.1, -0.05) is 12.1 Å². The molecular formula is C19H20F2N2O2. The summed E-state index contributed by atoms with van der Waals surface area (Å²) >= 11 is 0. The second-order valence-electron chi connectivity index (χ2n) is 6.34. The Balaban J connectivity index is 1.71. The molecule has 4 nitrogen and oxygen atoms in total. The lowest BCUT2D eigenvalue weighted by Gasteiger charge is -2.35. The fourth-order valence-corrected chi connectivity index (χ4v) is 3.27. The molecule has 1 aromatic heterocycles. The maximum Gasteiger partial charge on any atom is 0.275 e. The zero-order valence-corrected chi connectivity index (χ0v) is 13.8. The van der Waals surface area contributed by atoms with Crippen LogP contribution in [0.2, 0.25) is 0 Å². The molecule has 132 valence electrons. The van der Waals surface area contributed by atoms with E-state index in [0.29, 0.717) is 12.6 Å². The number of hydrogen-bond acceptors (Lipinski definition) is 3. The van der Waals surface area contributed by atoms with Gasteiger partial charge in [-0.3, -0.25) is 4.79 Å². The van der Waals surface area contributed by atoms with E-state index in [0.717, 1.165) is 43.9 Å². The SMILES string of the molecule is O=C(c1ncc(F)cc1F)N1CCCC[C@@H]1CCc1ccc(O)cc1. The molecule has 6 heteroatoms. The van der Waals surface area contributed by atoms with Crippen molar-refractivity contribution in [1.29, 1.82) is 0 Å². The van der Waals surface area contributed by atoms with Gasteiger partial charge in [-0.25, -0.2) is 13.8 Å². The molecule has 1 N–H and O–H groups in total. The highest BCUT2D eigenvalue weighted by atomic mass is 19.1. The van der Waals surface area contributed by atoms with Crippen molar-refractivity contribution in [2.24, 2.45) is 0 Å². The summed E-state index contributed by atoms with van der Waals surface area (Å²) in [5.74, 6) is -1.98. The Morgan fingerprint density at radius 3 is 2.72 bits per heavy atom. The highest BCUT2D eigenvalue weighted by Crippen LogP contribution is 2.24. The quantitative estimate of drug-likeness (QED) is 0.918. The number of carbonyl (C=O) groups is 1. The van der Waals surface area contributed by atoms with Gasteiger partial charge in [0, 0.05) is 18.7 Å². The minimum Gasteiger partial charge on any atom is -0.508 e. The van der Waals surface area contributed by atoms with E-state index < -0.39 is 17.5 Å². The summed E-state index contributed by atoms with van der Waals surface area (Å²) in [7, 11) is 0. The number of halogens is 2. The third-order valence-corrected chi connectivity index (χ3v) is 4.60. The van der Waals surface area contributed by atoms with Crippen LogP contribution in [0.1, 0.15) is 41.7 Å². The second kappa shape index (κ2) is 7.59. The summed E-state index contributed by atoms with van der Waals surface area (Å²) in [4.78, 5) is 18.0. The van der Waals surface area contributed by atoms with Gasteiger partial charge in [0.2, 0.25) is 0 Å². The van der Waals surface area contributed by atoms with Crippen LogP contribution in [0.3, 0.4) is 0 Å². The molecule has 1 fully saturated rings. The Bertz CT molecular complexity index is 750. The average molecular weight is 346 g/mol. The zero-order valence-electron chi connectivity index (χ0n) is 13.8. The minimum atomic E-state index is -0.923. The van der Waals surface area contributed by atoms with Gasteiger partial charge in [0.05, 0.1) is 6.20 Å². The number of pyridine rings is 1. The van der Waals surface area contributed by atoms with E-state index in [1.165, 1.54) is 0 Å². The lowest BCUT2D eigenvalue weighted by atomic mass is 9.95. The summed E-state index contributed by atoms with van der Waals surface area (Å²) < 4.78 is 26.9. The number of likely N-dealkylation sites (tertiary alicyclic amines) is 1. The molecule has 1 saturated heterocycles.